The first-order chi connectivity index (χ1) is 18.1. The van der Waals surface area contributed by atoms with E-state index in [1.807, 2.05) is 18.5 Å². The van der Waals surface area contributed by atoms with Crippen molar-refractivity contribution >= 4 is 29.0 Å². The smallest absolute Gasteiger partial charge is 0.135 e. The van der Waals surface area contributed by atoms with Gasteiger partial charge in [-0.25, -0.2) is 4.98 Å². The van der Waals surface area contributed by atoms with Gasteiger partial charge in [0.1, 0.15) is 5.82 Å². The van der Waals surface area contributed by atoms with Crippen LogP contribution in [0, 0.1) is 6.92 Å². The highest BCUT2D eigenvalue weighted by atomic mass is 15.1. The highest BCUT2D eigenvalue weighted by molar-refractivity contribution is 6.10. The van der Waals surface area contributed by atoms with Crippen molar-refractivity contribution < 1.29 is 0 Å². The standard InChI is InChI=1S/C31H40N6/c1-4-23(3)36-16-11-26(12-17-36)34-21-25(20-32)24-18-22(2)27-8-9-28-30(37-14-6-5-7-15-37)10-13-33-31(28)35-29(27)19-24/h4,10,13,18-21,26H,1,3,5-9,11-12,14-17,32H2,2H3,(H,33,35)/b25-20+,34-21?. The van der Waals surface area contributed by atoms with Crippen molar-refractivity contribution in [2.45, 2.75) is 57.9 Å². The fraction of sp³-hybridized carbons (Fsp3) is 0.419. The number of allylic oxidation sites excluding steroid dienone is 2. The zero-order chi connectivity index (χ0) is 25.8. The Bertz CT molecular complexity index is 1210. The maximum Gasteiger partial charge on any atom is 0.135 e. The molecule has 4 heterocycles. The Balaban J connectivity index is 1.35. The number of likely N-dealkylation sites (tertiary alicyclic amines) is 1. The van der Waals surface area contributed by atoms with E-state index in [2.05, 4.69) is 53.4 Å². The van der Waals surface area contributed by atoms with Crippen LogP contribution in [0.1, 0.15) is 54.4 Å². The maximum absolute atomic E-state index is 6.11. The second kappa shape index (κ2) is 11.2. The molecule has 0 bridgehead atoms. The number of nitrogens with two attached hydrogens (primary N) is 1. The molecule has 2 fully saturated rings. The third-order valence-electron chi connectivity index (χ3n) is 8.12. The summed E-state index contributed by atoms with van der Waals surface area (Å²) in [4.78, 5) is 14.5. The average molecular weight is 497 g/mol. The SMILES string of the molecule is C=CC(=C)N1CCC(N=C/C(=C\N)c2cc(C)c3c(c2)Nc2nccc(N4CCCCC4)c2CC3)CC1. The van der Waals surface area contributed by atoms with E-state index in [-0.39, 0.29) is 0 Å². The number of piperidine rings is 2. The number of nitrogens with one attached hydrogen (secondary N) is 1. The van der Waals surface area contributed by atoms with Gasteiger partial charge in [0.05, 0.1) is 6.04 Å². The molecule has 5 rings (SSSR count). The minimum absolute atomic E-state index is 0.299. The summed E-state index contributed by atoms with van der Waals surface area (Å²) in [5, 5.41) is 3.70. The lowest BCUT2D eigenvalue weighted by Crippen LogP contribution is -2.33. The van der Waals surface area contributed by atoms with Crippen molar-refractivity contribution in [3.63, 3.8) is 0 Å². The van der Waals surface area contributed by atoms with Gasteiger partial charge in [-0.3, -0.25) is 4.99 Å². The second-order valence-electron chi connectivity index (χ2n) is 10.5. The Labute approximate surface area is 221 Å². The molecule has 0 aliphatic carbocycles. The van der Waals surface area contributed by atoms with E-state index in [4.69, 9.17) is 15.7 Å². The van der Waals surface area contributed by atoms with Gasteiger partial charge in [0.25, 0.3) is 0 Å². The Morgan fingerprint density at radius 3 is 2.59 bits per heavy atom. The molecule has 6 heteroatoms. The van der Waals surface area contributed by atoms with E-state index in [0.717, 1.165) is 80.2 Å². The van der Waals surface area contributed by atoms with Crippen LogP contribution in [-0.4, -0.2) is 48.3 Å². The third-order valence-corrected chi connectivity index (χ3v) is 8.12. The monoisotopic (exact) mass is 496 g/mol. The molecule has 37 heavy (non-hydrogen) atoms. The molecule has 6 nitrogen and oxygen atoms in total. The van der Waals surface area contributed by atoms with Gasteiger partial charge in [0.15, 0.2) is 0 Å². The van der Waals surface area contributed by atoms with Crippen LogP contribution < -0.4 is 16.0 Å². The molecule has 0 saturated carbocycles. The molecular formula is C31H40N6. The van der Waals surface area contributed by atoms with Crippen LogP contribution in [0.2, 0.25) is 0 Å². The van der Waals surface area contributed by atoms with E-state index < -0.39 is 0 Å². The zero-order valence-electron chi connectivity index (χ0n) is 22.2. The van der Waals surface area contributed by atoms with Crippen LogP contribution in [-0.2, 0) is 12.8 Å². The molecule has 2 aromatic rings. The largest absolute Gasteiger partial charge is 0.404 e. The van der Waals surface area contributed by atoms with E-state index in [9.17, 15) is 0 Å². The predicted octanol–water partition coefficient (Wildman–Crippen LogP) is 5.76. The zero-order valence-corrected chi connectivity index (χ0v) is 22.2. The molecule has 2 saturated heterocycles. The van der Waals surface area contributed by atoms with Gasteiger partial charge in [-0.05, 0) is 86.8 Å². The Morgan fingerprint density at radius 2 is 1.86 bits per heavy atom. The number of benzene rings is 1. The molecule has 1 aromatic heterocycles. The molecule has 3 N–H and O–H groups in total. The van der Waals surface area contributed by atoms with Crippen LogP contribution >= 0.6 is 0 Å². The Hall–Kier alpha value is -3.54. The van der Waals surface area contributed by atoms with E-state index in [0.29, 0.717) is 6.04 Å². The van der Waals surface area contributed by atoms with Crippen molar-refractivity contribution in [1.29, 1.82) is 0 Å². The molecule has 0 amide bonds. The fourth-order valence-corrected chi connectivity index (χ4v) is 5.90. The summed E-state index contributed by atoms with van der Waals surface area (Å²) in [5.41, 5.74) is 15.6. The first-order valence-electron chi connectivity index (χ1n) is 13.7. The minimum atomic E-state index is 0.299. The number of aromatic nitrogens is 1. The van der Waals surface area contributed by atoms with E-state index >= 15 is 0 Å². The molecule has 0 spiro atoms. The number of fused-ring (bicyclic) bond motifs is 2. The van der Waals surface area contributed by atoms with Crippen LogP contribution in [0.5, 0.6) is 0 Å². The van der Waals surface area contributed by atoms with Crippen molar-refractivity contribution in [3.05, 3.63) is 77.8 Å². The number of nitrogens with zero attached hydrogens (tertiary/aromatic N) is 4. The first kappa shape index (κ1) is 25.1. The van der Waals surface area contributed by atoms with Crippen molar-refractivity contribution in [2.24, 2.45) is 10.7 Å². The van der Waals surface area contributed by atoms with E-state index in [1.54, 1.807) is 6.20 Å². The summed E-state index contributed by atoms with van der Waals surface area (Å²) in [6.45, 7) is 14.3. The summed E-state index contributed by atoms with van der Waals surface area (Å²) in [6, 6.07) is 6.96. The van der Waals surface area contributed by atoms with Crippen LogP contribution in [0.25, 0.3) is 5.57 Å². The van der Waals surface area contributed by atoms with Gasteiger partial charge in [-0.1, -0.05) is 19.2 Å². The van der Waals surface area contributed by atoms with Crippen LogP contribution in [0.4, 0.5) is 17.2 Å². The number of hydrogen-bond acceptors (Lipinski definition) is 6. The molecular weight excluding hydrogens is 456 g/mol. The number of hydrogen-bond donors (Lipinski definition) is 2. The van der Waals surface area contributed by atoms with Crippen molar-refractivity contribution in [2.75, 3.05) is 36.4 Å². The predicted molar refractivity (Wildman–Crippen MR) is 157 cm³/mol. The van der Waals surface area contributed by atoms with Gasteiger partial charge < -0.3 is 20.9 Å². The number of pyridine rings is 1. The van der Waals surface area contributed by atoms with Crippen LogP contribution in [0.3, 0.4) is 0 Å². The number of rotatable bonds is 6. The molecule has 194 valence electrons. The topological polar surface area (TPSA) is 69.8 Å². The number of aryl methyl sites for hydroxylation is 1. The summed E-state index contributed by atoms with van der Waals surface area (Å²) < 4.78 is 0. The summed E-state index contributed by atoms with van der Waals surface area (Å²) >= 11 is 0. The Morgan fingerprint density at radius 1 is 1.11 bits per heavy atom. The van der Waals surface area contributed by atoms with Crippen molar-refractivity contribution in [3.8, 4) is 0 Å². The lowest BCUT2D eigenvalue weighted by molar-refractivity contribution is 0.273. The first-order valence-corrected chi connectivity index (χ1v) is 13.7. The van der Waals surface area contributed by atoms with Gasteiger partial charge in [0.2, 0.25) is 0 Å². The second-order valence-corrected chi connectivity index (χ2v) is 10.5. The average Bonchev–Trinajstić information content (AvgIpc) is 3.13. The Kier molecular flexibility index (Phi) is 7.63. The highest BCUT2D eigenvalue weighted by Gasteiger charge is 2.23. The molecule has 3 aliphatic heterocycles. The third kappa shape index (κ3) is 5.43. The molecule has 1 aromatic carbocycles. The van der Waals surface area contributed by atoms with Crippen molar-refractivity contribution in [1.82, 2.24) is 9.88 Å². The maximum atomic E-state index is 6.11. The summed E-state index contributed by atoms with van der Waals surface area (Å²) in [7, 11) is 0. The molecule has 3 aliphatic rings. The van der Waals surface area contributed by atoms with Gasteiger partial charge in [0, 0.05) is 73.0 Å². The number of aliphatic imine (C=N–C) groups is 1. The van der Waals surface area contributed by atoms with Crippen LogP contribution in [0.15, 0.2) is 60.5 Å². The van der Waals surface area contributed by atoms with Gasteiger partial charge in [-0.15, -0.1) is 0 Å². The fourth-order valence-electron chi connectivity index (χ4n) is 5.90. The quantitative estimate of drug-likeness (QED) is 0.393. The minimum Gasteiger partial charge on any atom is -0.404 e. The normalized spacial score (nSPS) is 18.7. The molecule has 0 radical (unpaired) electrons. The number of anilines is 3. The lowest BCUT2D eigenvalue weighted by atomic mass is 9.95. The highest BCUT2D eigenvalue weighted by Crippen LogP contribution is 2.37. The van der Waals surface area contributed by atoms with Gasteiger partial charge in [-0.2, -0.15) is 0 Å². The van der Waals surface area contributed by atoms with Gasteiger partial charge >= 0.3 is 0 Å². The molecule has 0 atom stereocenters. The lowest BCUT2D eigenvalue weighted by Gasteiger charge is -2.32. The summed E-state index contributed by atoms with van der Waals surface area (Å²) in [6.07, 6.45) is 15.3. The summed E-state index contributed by atoms with van der Waals surface area (Å²) in [5.74, 6) is 0.984. The van der Waals surface area contributed by atoms with E-state index in [1.165, 1.54) is 41.6 Å². The molecule has 0 unspecified atom stereocenters.